The Morgan fingerprint density at radius 2 is 1.97 bits per heavy atom. The van der Waals surface area contributed by atoms with Crippen molar-refractivity contribution in [3.05, 3.63) is 35.4 Å². The van der Waals surface area contributed by atoms with Gasteiger partial charge in [0.2, 0.25) is 11.9 Å². The number of benzene rings is 1. The lowest BCUT2D eigenvalue weighted by atomic mass is 10.1. The predicted molar refractivity (Wildman–Crippen MR) is 124 cm³/mol. The normalized spacial score (nSPS) is 15.0. The quantitative estimate of drug-likeness (QED) is 0.437. The highest BCUT2D eigenvalue weighted by Gasteiger charge is 2.22. The maximum absolute atomic E-state index is 12.8. The summed E-state index contributed by atoms with van der Waals surface area (Å²) in [6.07, 6.45) is 1.78. The fourth-order valence-corrected chi connectivity index (χ4v) is 3.78. The lowest BCUT2D eigenvalue weighted by Crippen LogP contribution is -2.47. The predicted octanol–water partition coefficient (Wildman–Crippen LogP) is 1.48. The maximum Gasteiger partial charge on any atom is 0.254 e. The largest absolute Gasteiger partial charge is 0.368 e. The van der Waals surface area contributed by atoms with Crippen molar-refractivity contribution >= 4 is 41.0 Å². The van der Waals surface area contributed by atoms with E-state index in [-0.39, 0.29) is 29.1 Å². The van der Waals surface area contributed by atoms with Crippen LogP contribution in [-0.4, -0.2) is 77.1 Å². The number of nitriles is 1. The molecule has 0 radical (unpaired) electrons. The summed E-state index contributed by atoms with van der Waals surface area (Å²) in [5.74, 6) is -0.189. The first-order valence-electron chi connectivity index (χ1n) is 10.1. The number of nitrogens with two attached hydrogens (primary N) is 1. The molecular formula is C21H26N8O2S. The number of thioether (sulfide) groups is 1. The van der Waals surface area contributed by atoms with Gasteiger partial charge in [-0.05, 0) is 38.4 Å². The van der Waals surface area contributed by atoms with Gasteiger partial charge in [-0.2, -0.15) is 10.2 Å². The number of likely N-dealkylation sites (N-methyl/N-ethyl adjacent to an activating group) is 1. The summed E-state index contributed by atoms with van der Waals surface area (Å²) < 4.78 is 0. The average molecular weight is 455 g/mol. The summed E-state index contributed by atoms with van der Waals surface area (Å²) in [6.45, 7) is 4.67. The molecule has 1 aromatic heterocycles. The van der Waals surface area contributed by atoms with E-state index >= 15 is 0 Å². The minimum absolute atomic E-state index is 0.0126. The van der Waals surface area contributed by atoms with E-state index in [0.29, 0.717) is 29.4 Å². The lowest BCUT2D eigenvalue weighted by Gasteiger charge is -2.32. The molecular weight excluding hydrogens is 428 g/mol. The number of nitrogen functional groups attached to an aromatic ring is 1. The first-order valence-corrected chi connectivity index (χ1v) is 11.3. The molecule has 0 bridgehead atoms. The van der Waals surface area contributed by atoms with Gasteiger partial charge in [0.15, 0.2) is 5.82 Å². The zero-order valence-corrected chi connectivity index (χ0v) is 19.1. The molecule has 1 fully saturated rings. The Kier molecular flexibility index (Phi) is 7.50. The van der Waals surface area contributed by atoms with Crippen molar-refractivity contribution in [2.24, 2.45) is 0 Å². The highest BCUT2D eigenvalue weighted by molar-refractivity contribution is 7.98. The zero-order valence-electron chi connectivity index (χ0n) is 18.3. The van der Waals surface area contributed by atoms with E-state index in [0.717, 1.165) is 13.1 Å². The van der Waals surface area contributed by atoms with Gasteiger partial charge in [-0.3, -0.25) is 9.59 Å². The van der Waals surface area contributed by atoms with Crippen molar-refractivity contribution in [2.45, 2.75) is 18.0 Å². The molecule has 1 aliphatic rings. The number of carbonyl (C=O) groups excluding carboxylic acids is 2. The van der Waals surface area contributed by atoms with E-state index in [2.05, 4.69) is 25.5 Å². The molecule has 1 aromatic carbocycles. The highest BCUT2D eigenvalue weighted by Crippen LogP contribution is 2.24. The summed E-state index contributed by atoms with van der Waals surface area (Å²) in [6, 6.07) is 8.20. The van der Waals surface area contributed by atoms with Crippen LogP contribution in [-0.2, 0) is 4.79 Å². The number of carbonyl (C=O) groups is 2. The Bertz CT molecular complexity index is 1050. The lowest BCUT2D eigenvalue weighted by molar-refractivity contribution is -0.116. The second kappa shape index (κ2) is 10.3. The number of aromatic nitrogens is 2. The smallest absolute Gasteiger partial charge is 0.254 e. The molecule has 0 unspecified atom stereocenters. The van der Waals surface area contributed by atoms with Crippen LogP contribution in [0.3, 0.4) is 0 Å². The Morgan fingerprint density at radius 1 is 1.25 bits per heavy atom. The third-order valence-corrected chi connectivity index (χ3v) is 5.79. The summed E-state index contributed by atoms with van der Waals surface area (Å²) in [5, 5.41) is 15.6. The van der Waals surface area contributed by atoms with Gasteiger partial charge in [-0.25, -0.2) is 4.98 Å². The van der Waals surface area contributed by atoms with Gasteiger partial charge >= 0.3 is 0 Å². The van der Waals surface area contributed by atoms with Gasteiger partial charge in [0.05, 0.1) is 0 Å². The molecule has 168 valence electrons. The van der Waals surface area contributed by atoms with Gasteiger partial charge < -0.3 is 26.2 Å². The number of hydrogen-bond acceptors (Lipinski definition) is 9. The minimum atomic E-state index is -0.719. The molecule has 3 rings (SSSR count). The molecule has 1 aliphatic heterocycles. The van der Waals surface area contributed by atoms with Crippen LogP contribution in [0.1, 0.15) is 22.8 Å². The molecule has 32 heavy (non-hydrogen) atoms. The van der Waals surface area contributed by atoms with Crippen LogP contribution in [0.4, 0.5) is 17.5 Å². The molecule has 2 aromatic rings. The second-order valence-electron chi connectivity index (χ2n) is 7.46. The van der Waals surface area contributed by atoms with Crippen LogP contribution in [0.25, 0.3) is 0 Å². The molecule has 10 nitrogen and oxygen atoms in total. The van der Waals surface area contributed by atoms with E-state index in [1.807, 2.05) is 18.0 Å². The second-order valence-corrected chi connectivity index (χ2v) is 8.25. The Hall–Kier alpha value is -3.36. The molecule has 0 aliphatic carbocycles. The summed E-state index contributed by atoms with van der Waals surface area (Å²) in [4.78, 5) is 37.6. The van der Waals surface area contributed by atoms with Gasteiger partial charge in [-0.15, -0.1) is 11.8 Å². The zero-order chi connectivity index (χ0) is 23.3. The van der Waals surface area contributed by atoms with Crippen LogP contribution in [0.15, 0.2) is 29.3 Å². The monoisotopic (exact) mass is 454 g/mol. The van der Waals surface area contributed by atoms with Crippen molar-refractivity contribution in [1.82, 2.24) is 19.8 Å². The van der Waals surface area contributed by atoms with Crippen LogP contribution in [0.2, 0.25) is 0 Å². The van der Waals surface area contributed by atoms with E-state index in [4.69, 9.17) is 5.73 Å². The van der Waals surface area contributed by atoms with Crippen molar-refractivity contribution < 1.29 is 9.59 Å². The first-order chi connectivity index (χ1) is 15.3. The molecule has 2 amide bonds. The van der Waals surface area contributed by atoms with Crippen LogP contribution in [0.5, 0.6) is 0 Å². The van der Waals surface area contributed by atoms with Gasteiger partial charge in [0.1, 0.15) is 22.7 Å². The fraction of sp³-hybridized carbons (Fsp3) is 0.381. The van der Waals surface area contributed by atoms with Crippen LogP contribution < -0.4 is 16.4 Å². The Labute approximate surface area is 191 Å². The molecule has 0 spiro atoms. The number of rotatable bonds is 6. The van der Waals surface area contributed by atoms with E-state index in [1.54, 1.807) is 37.4 Å². The van der Waals surface area contributed by atoms with Gasteiger partial charge in [-0.1, -0.05) is 6.07 Å². The van der Waals surface area contributed by atoms with Crippen molar-refractivity contribution in [1.29, 1.82) is 5.26 Å². The number of hydrogen-bond donors (Lipinski definition) is 3. The average Bonchev–Trinajstić information content (AvgIpc) is 2.78. The number of amides is 2. The van der Waals surface area contributed by atoms with Gasteiger partial charge in [0.25, 0.3) is 5.91 Å². The van der Waals surface area contributed by atoms with E-state index < -0.39 is 6.04 Å². The SMILES string of the molecule is CSc1nc(N)nc(N[C@@H](C)C(=O)Nc2cccc(C(=O)N3CCN(C)CC3)c2)c1C#N. The van der Waals surface area contributed by atoms with E-state index in [9.17, 15) is 14.9 Å². The minimum Gasteiger partial charge on any atom is -0.368 e. The highest BCUT2D eigenvalue weighted by atomic mass is 32.2. The maximum atomic E-state index is 12.8. The van der Waals surface area contributed by atoms with Crippen molar-refractivity contribution in [3.8, 4) is 6.07 Å². The summed E-state index contributed by atoms with van der Waals surface area (Å²) in [5.41, 5.74) is 6.98. The summed E-state index contributed by atoms with van der Waals surface area (Å²) >= 11 is 1.27. The van der Waals surface area contributed by atoms with Crippen LogP contribution >= 0.6 is 11.8 Å². The Balaban J connectivity index is 1.69. The van der Waals surface area contributed by atoms with E-state index in [1.165, 1.54) is 11.8 Å². The third kappa shape index (κ3) is 5.46. The standard InChI is InChI=1S/C21H26N8O2S/c1-13(24-17-16(12-22)19(32-3)27-21(23)26-17)18(30)25-15-6-4-5-14(11-15)20(31)29-9-7-28(2)8-10-29/h4-6,11,13H,7-10H2,1-3H3,(H,25,30)(H3,23,24,26,27)/t13-/m0/s1. The number of piperazine rings is 1. The van der Waals surface area contributed by atoms with Gasteiger partial charge in [0, 0.05) is 37.4 Å². The molecule has 2 heterocycles. The summed E-state index contributed by atoms with van der Waals surface area (Å²) in [7, 11) is 2.03. The molecule has 4 N–H and O–H groups in total. The molecule has 0 saturated carbocycles. The molecule has 1 saturated heterocycles. The number of nitrogens with one attached hydrogen (secondary N) is 2. The van der Waals surface area contributed by atoms with Crippen molar-refractivity contribution in [3.63, 3.8) is 0 Å². The fourth-order valence-electron chi connectivity index (χ4n) is 3.25. The first kappa shape index (κ1) is 23.3. The number of nitrogens with zero attached hydrogens (tertiary/aromatic N) is 5. The number of anilines is 3. The van der Waals surface area contributed by atoms with Crippen LogP contribution in [0, 0.1) is 11.3 Å². The van der Waals surface area contributed by atoms with Crippen molar-refractivity contribution in [2.75, 3.05) is 55.8 Å². The molecule has 1 atom stereocenters. The molecule has 11 heteroatoms. The third-order valence-electron chi connectivity index (χ3n) is 5.11. The Morgan fingerprint density at radius 3 is 2.62 bits per heavy atom. The topological polar surface area (TPSA) is 140 Å².